The number of anilines is 1. The number of sulfone groups is 1. The average molecular weight is 421 g/mol. The zero-order valence-corrected chi connectivity index (χ0v) is 17.2. The Labute approximate surface area is 168 Å². The van der Waals surface area contributed by atoms with Gasteiger partial charge in [-0.25, -0.2) is 13.1 Å². The van der Waals surface area contributed by atoms with Gasteiger partial charge in [-0.1, -0.05) is 0 Å². The minimum atomic E-state index is -3.10. The largest absolute Gasteiger partial charge is 0.502 e. The van der Waals surface area contributed by atoms with E-state index in [2.05, 4.69) is 10.4 Å². The Morgan fingerprint density at radius 1 is 1.24 bits per heavy atom. The molecule has 1 amide bonds. The molecule has 10 heteroatoms. The van der Waals surface area contributed by atoms with E-state index < -0.39 is 9.84 Å². The van der Waals surface area contributed by atoms with Gasteiger partial charge in [-0.05, 0) is 31.0 Å². The molecule has 2 aromatic rings. The zero-order chi connectivity index (χ0) is 20.9. The van der Waals surface area contributed by atoms with Crippen LogP contribution in [0, 0.1) is 6.92 Å². The number of methoxy groups -OCH3 is 2. The summed E-state index contributed by atoms with van der Waals surface area (Å²) in [5.74, 6) is 0.554. The molecule has 156 valence electrons. The van der Waals surface area contributed by atoms with E-state index in [4.69, 9.17) is 9.47 Å². The first kappa shape index (κ1) is 19.6. The van der Waals surface area contributed by atoms with E-state index in [1.165, 1.54) is 14.2 Å². The lowest BCUT2D eigenvalue weighted by atomic mass is 9.85. The molecule has 9 nitrogen and oxygen atoms in total. The molecule has 0 spiro atoms. The molecular formula is C19H23N3O6S. The van der Waals surface area contributed by atoms with E-state index in [-0.39, 0.29) is 53.0 Å². The molecule has 2 atom stereocenters. The number of fused-ring (bicyclic) bond motifs is 1. The monoisotopic (exact) mass is 421 g/mol. The van der Waals surface area contributed by atoms with E-state index in [0.717, 1.165) is 16.8 Å². The average Bonchev–Trinajstić information content (AvgIpc) is 3.20. The standard InChI is InChI=1S/C19H23N3O6S/c1-10-17-13(11-6-14(27-2)18(24)15(7-11)28-3)8-16(23)20-19(17)22(21-10)12-4-5-29(25,26)9-12/h6-7,12-13,24H,4-5,8-9H2,1-3H3,(H,20,23)/t12-,13+/m0/s1. The van der Waals surface area contributed by atoms with E-state index >= 15 is 0 Å². The van der Waals surface area contributed by atoms with Crippen molar-refractivity contribution in [2.75, 3.05) is 31.0 Å². The van der Waals surface area contributed by atoms with Crippen molar-refractivity contribution in [2.45, 2.75) is 31.7 Å². The molecule has 4 rings (SSSR count). The second-order valence-electron chi connectivity index (χ2n) is 7.43. The number of carbonyl (C=O) groups is 1. The molecule has 0 unspecified atom stereocenters. The van der Waals surface area contributed by atoms with Gasteiger partial charge in [0.15, 0.2) is 21.3 Å². The Bertz CT molecular complexity index is 1070. The van der Waals surface area contributed by atoms with Crippen LogP contribution in [0.2, 0.25) is 0 Å². The van der Waals surface area contributed by atoms with Crippen molar-refractivity contribution < 1.29 is 27.8 Å². The molecule has 2 aliphatic rings. The third-order valence-electron chi connectivity index (χ3n) is 5.59. The zero-order valence-electron chi connectivity index (χ0n) is 16.4. The van der Waals surface area contributed by atoms with Crippen molar-refractivity contribution in [2.24, 2.45) is 0 Å². The fourth-order valence-electron chi connectivity index (χ4n) is 4.20. The Hall–Kier alpha value is -2.75. The molecule has 1 aromatic carbocycles. The van der Waals surface area contributed by atoms with Crippen molar-refractivity contribution in [1.82, 2.24) is 9.78 Å². The Kier molecular flexibility index (Phi) is 4.68. The number of hydrogen-bond donors (Lipinski definition) is 2. The van der Waals surface area contributed by atoms with Crippen molar-refractivity contribution in [3.63, 3.8) is 0 Å². The summed E-state index contributed by atoms with van der Waals surface area (Å²) in [7, 11) is -0.206. The minimum Gasteiger partial charge on any atom is -0.502 e. The number of phenolic OH excluding ortho intramolecular Hbond substituents is 1. The summed E-state index contributed by atoms with van der Waals surface area (Å²) in [4.78, 5) is 12.5. The lowest BCUT2D eigenvalue weighted by Crippen LogP contribution is -2.26. The van der Waals surface area contributed by atoms with Crippen LogP contribution in [0.25, 0.3) is 0 Å². The highest BCUT2D eigenvalue weighted by atomic mass is 32.2. The van der Waals surface area contributed by atoms with Crippen LogP contribution in [0.4, 0.5) is 5.82 Å². The van der Waals surface area contributed by atoms with Crippen LogP contribution in [-0.4, -0.2) is 54.9 Å². The molecule has 2 N–H and O–H groups in total. The highest BCUT2D eigenvalue weighted by Gasteiger charge is 2.37. The van der Waals surface area contributed by atoms with Gasteiger partial charge in [-0.3, -0.25) is 4.79 Å². The summed E-state index contributed by atoms with van der Waals surface area (Å²) in [6.07, 6.45) is 0.664. The number of carbonyl (C=O) groups excluding carboxylic acids is 1. The first-order valence-corrected chi connectivity index (χ1v) is 11.1. The fraction of sp³-hybridized carbons (Fsp3) is 0.474. The number of nitrogens with zero attached hydrogens (tertiary/aromatic N) is 2. The quantitative estimate of drug-likeness (QED) is 0.772. The molecule has 0 radical (unpaired) electrons. The molecule has 0 bridgehead atoms. The predicted octanol–water partition coefficient (Wildman–Crippen LogP) is 1.75. The summed E-state index contributed by atoms with van der Waals surface area (Å²) in [6.45, 7) is 1.85. The summed E-state index contributed by atoms with van der Waals surface area (Å²) in [6, 6.07) is 3.06. The van der Waals surface area contributed by atoms with Gasteiger partial charge in [0.1, 0.15) is 5.82 Å². The van der Waals surface area contributed by atoms with Crippen molar-refractivity contribution in [1.29, 1.82) is 0 Å². The number of hydrogen-bond acceptors (Lipinski definition) is 7. The number of benzene rings is 1. The molecule has 0 aliphatic carbocycles. The van der Waals surface area contributed by atoms with Crippen LogP contribution >= 0.6 is 0 Å². The number of rotatable bonds is 4. The molecule has 0 saturated carbocycles. The molecule has 1 aromatic heterocycles. The van der Waals surface area contributed by atoms with Gasteiger partial charge in [-0.15, -0.1) is 0 Å². The Morgan fingerprint density at radius 2 is 1.90 bits per heavy atom. The maximum Gasteiger partial charge on any atom is 0.226 e. The number of nitrogens with one attached hydrogen (secondary N) is 1. The SMILES string of the molecule is COc1cc([C@H]2CC(=O)Nc3c2c(C)nn3[C@H]2CCS(=O)(=O)C2)cc(OC)c1O. The molecule has 29 heavy (non-hydrogen) atoms. The van der Waals surface area contributed by atoms with E-state index in [9.17, 15) is 18.3 Å². The minimum absolute atomic E-state index is 0.0158. The smallest absolute Gasteiger partial charge is 0.226 e. The van der Waals surface area contributed by atoms with Crippen LogP contribution < -0.4 is 14.8 Å². The first-order valence-electron chi connectivity index (χ1n) is 9.28. The fourth-order valence-corrected chi connectivity index (χ4v) is 5.90. The molecule has 2 aliphatic heterocycles. The summed E-state index contributed by atoms with van der Waals surface area (Å²) < 4.78 is 36.0. The van der Waals surface area contributed by atoms with Gasteiger partial charge in [-0.2, -0.15) is 5.10 Å². The maximum absolute atomic E-state index is 12.5. The summed E-state index contributed by atoms with van der Waals surface area (Å²) in [5.41, 5.74) is 2.30. The van der Waals surface area contributed by atoms with Crippen LogP contribution in [0.3, 0.4) is 0 Å². The second kappa shape index (κ2) is 6.94. The maximum atomic E-state index is 12.5. The van der Waals surface area contributed by atoms with Crippen molar-refractivity contribution in [3.8, 4) is 17.2 Å². The number of aromatic hydroxyl groups is 1. The van der Waals surface area contributed by atoms with Gasteiger partial charge in [0.05, 0.1) is 37.5 Å². The van der Waals surface area contributed by atoms with Crippen LogP contribution in [-0.2, 0) is 14.6 Å². The number of phenols is 1. The van der Waals surface area contributed by atoms with E-state index in [1.54, 1.807) is 16.8 Å². The van der Waals surface area contributed by atoms with E-state index in [0.29, 0.717) is 12.2 Å². The van der Waals surface area contributed by atoms with Gasteiger partial charge in [0, 0.05) is 17.9 Å². The summed E-state index contributed by atoms with van der Waals surface area (Å²) in [5, 5.41) is 17.7. The van der Waals surface area contributed by atoms with Crippen LogP contribution in [0.1, 0.15) is 41.6 Å². The third-order valence-corrected chi connectivity index (χ3v) is 7.34. The molecular weight excluding hydrogens is 398 g/mol. The second-order valence-corrected chi connectivity index (χ2v) is 9.66. The Morgan fingerprint density at radius 3 is 2.45 bits per heavy atom. The van der Waals surface area contributed by atoms with Crippen LogP contribution in [0.5, 0.6) is 17.2 Å². The number of amides is 1. The van der Waals surface area contributed by atoms with Crippen molar-refractivity contribution >= 4 is 21.6 Å². The highest BCUT2D eigenvalue weighted by Crippen LogP contribution is 2.45. The van der Waals surface area contributed by atoms with Gasteiger partial charge in [0.25, 0.3) is 0 Å². The topological polar surface area (TPSA) is 120 Å². The van der Waals surface area contributed by atoms with Gasteiger partial charge in [0.2, 0.25) is 11.7 Å². The lowest BCUT2D eigenvalue weighted by molar-refractivity contribution is -0.116. The number of ether oxygens (including phenoxy) is 2. The highest BCUT2D eigenvalue weighted by molar-refractivity contribution is 7.91. The first-order chi connectivity index (χ1) is 13.7. The van der Waals surface area contributed by atoms with Crippen LogP contribution in [0.15, 0.2) is 12.1 Å². The van der Waals surface area contributed by atoms with Gasteiger partial charge < -0.3 is 19.9 Å². The van der Waals surface area contributed by atoms with Crippen molar-refractivity contribution in [3.05, 3.63) is 29.0 Å². The number of aryl methyl sites for hydroxylation is 1. The molecule has 1 fully saturated rings. The number of aromatic nitrogens is 2. The van der Waals surface area contributed by atoms with E-state index in [1.807, 2.05) is 6.92 Å². The Balaban J connectivity index is 1.83. The predicted molar refractivity (Wildman–Crippen MR) is 106 cm³/mol. The lowest BCUT2D eigenvalue weighted by Gasteiger charge is -2.26. The normalized spacial score (nSPS) is 22.8. The van der Waals surface area contributed by atoms with Gasteiger partial charge >= 0.3 is 0 Å². The third kappa shape index (κ3) is 3.31. The molecule has 1 saturated heterocycles. The summed E-state index contributed by atoms with van der Waals surface area (Å²) >= 11 is 0. The molecule has 3 heterocycles.